The van der Waals surface area contributed by atoms with Crippen LogP contribution in [0, 0.1) is 12.8 Å². The van der Waals surface area contributed by atoms with Crippen LogP contribution in [0.2, 0.25) is 0 Å². The molecule has 4 nitrogen and oxygen atoms in total. The SMILES string of the molecule is CCCC(CCC)C(=O)Nc1cc(-c2nc3cccnc3s2)ccc1C. The number of fused-ring (bicyclic) bond motifs is 1. The van der Waals surface area contributed by atoms with Gasteiger partial charge in [0.1, 0.15) is 15.4 Å². The summed E-state index contributed by atoms with van der Waals surface area (Å²) in [5.74, 6) is 0.208. The summed E-state index contributed by atoms with van der Waals surface area (Å²) in [6.45, 7) is 6.28. The molecule has 0 bridgehead atoms. The molecule has 0 aliphatic carbocycles. The minimum absolute atomic E-state index is 0.0831. The highest BCUT2D eigenvalue weighted by atomic mass is 32.1. The topological polar surface area (TPSA) is 54.9 Å². The van der Waals surface area contributed by atoms with Crippen molar-refractivity contribution in [3.8, 4) is 10.6 Å². The molecule has 0 spiro atoms. The van der Waals surface area contributed by atoms with Crippen molar-refractivity contribution < 1.29 is 4.79 Å². The van der Waals surface area contributed by atoms with E-state index in [1.54, 1.807) is 17.5 Å². The first-order valence-corrected chi connectivity index (χ1v) is 10.1. The molecule has 0 fully saturated rings. The highest BCUT2D eigenvalue weighted by Gasteiger charge is 2.18. The molecule has 1 amide bonds. The van der Waals surface area contributed by atoms with Crippen molar-refractivity contribution in [3.05, 3.63) is 42.1 Å². The van der Waals surface area contributed by atoms with Crippen LogP contribution >= 0.6 is 11.3 Å². The molecule has 0 atom stereocenters. The van der Waals surface area contributed by atoms with Crippen molar-refractivity contribution in [3.63, 3.8) is 0 Å². The molecule has 1 aromatic carbocycles. The van der Waals surface area contributed by atoms with E-state index in [0.29, 0.717) is 0 Å². The zero-order valence-corrected chi connectivity index (χ0v) is 16.4. The van der Waals surface area contributed by atoms with Crippen LogP contribution in [0.25, 0.3) is 20.9 Å². The molecule has 2 heterocycles. The molecular formula is C21H25N3OS. The fourth-order valence-electron chi connectivity index (χ4n) is 3.12. The van der Waals surface area contributed by atoms with Gasteiger partial charge in [-0.25, -0.2) is 9.97 Å². The number of benzene rings is 1. The van der Waals surface area contributed by atoms with Gasteiger partial charge in [0.2, 0.25) is 5.91 Å². The number of nitrogens with zero attached hydrogens (tertiary/aromatic N) is 2. The first-order chi connectivity index (χ1) is 12.6. The number of aryl methyl sites for hydroxylation is 1. The molecule has 0 aliphatic heterocycles. The van der Waals surface area contributed by atoms with Crippen molar-refractivity contribution in [2.24, 2.45) is 5.92 Å². The maximum atomic E-state index is 12.7. The average molecular weight is 368 g/mol. The zero-order chi connectivity index (χ0) is 18.5. The third-order valence-corrected chi connectivity index (χ3v) is 5.58. The molecule has 0 aliphatic rings. The van der Waals surface area contributed by atoms with Gasteiger partial charge in [-0.3, -0.25) is 4.79 Å². The van der Waals surface area contributed by atoms with E-state index in [1.807, 2.05) is 31.2 Å². The van der Waals surface area contributed by atoms with Crippen LogP contribution in [0.3, 0.4) is 0 Å². The van der Waals surface area contributed by atoms with Crippen LogP contribution in [0.1, 0.15) is 45.1 Å². The molecule has 0 saturated carbocycles. The van der Waals surface area contributed by atoms with Crippen LogP contribution in [0.5, 0.6) is 0 Å². The Morgan fingerprint density at radius 2 is 1.96 bits per heavy atom. The lowest BCUT2D eigenvalue weighted by atomic mass is 9.97. The number of carbonyl (C=O) groups excluding carboxylic acids is 1. The van der Waals surface area contributed by atoms with E-state index in [1.165, 1.54) is 0 Å². The number of pyridine rings is 1. The molecule has 26 heavy (non-hydrogen) atoms. The summed E-state index contributed by atoms with van der Waals surface area (Å²) >= 11 is 1.57. The second kappa shape index (κ2) is 8.41. The van der Waals surface area contributed by atoms with Gasteiger partial charge in [-0.1, -0.05) is 50.2 Å². The van der Waals surface area contributed by atoms with Gasteiger partial charge in [0.25, 0.3) is 0 Å². The summed E-state index contributed by atoms with van der Waals surface area (Å²) in [6.07, 6.45) is 5.70. The first kappa shape index (κ1) is 18.5. The fraction of sp³-hybridized carbons (Fsp3) is 0.381. The van der Waals surface area contributed by atoms with Gasteiger partial charge in [-0.15, -0.1) is 0 Å². The standard InChI is InChI=1S/C21H25N3OS/c1-4-7-15(8-5-2)19(25)23-18-13-16(11-10-14(18)3)20-24-17-9-6-12-22-21(17)26-20/h6,9-13,15H,4-5,7-8H2,1-3H3,(H,23,25). The fourth-order valence-corrected chi connectivity index (χ4v) is 4.03. The summed E-state index contributed by atoms with van der Waals surface area (Å²) in [4.78, 5) is 22.7. The number of aromatic nitrogens is 2. The van der Waals surface area contributed by atoms with E-state index in [2.05, 4.69) is 35.2 Å². The lowest BCUT2D eigenvalue weighted by Gasteiger charge is -2.17. The molecule has 2 aromatic heterocycles. The summed E-state index contributed by atoms with van der Waals surface area (Å²) in [7, 11) is 0. The number of nitrogens with one attached hydrogen (secondary N) is 1. The quantitative estimate of drug-likeness (QED) is 0.572. The molecule has 3 aromatic rings. The number of carbonyl (C=O) groups is 1. The first-order valence-electron chi connectivity index (χ1n) is 9.25. The van der Waals surface area contributed by atoms with E-state index < -0.39 is 0 Å². The van der Waals surface area contributed by atoms with Crippen LogP contribution in [-0.2, 0) is 4.79 Å². The van der Waals surface area contributed by atoms with Crippen molar-refractivity contribution in [1.82, 2.24) is 9.97 Å². The van der Waals surface area contributed by atoms with Crippen LogP contribution in [0.15, 0.2) is 36.5 Å². The zero-order valence-electron chi connectivity index (χ0n) is 15.6. The lowest BCUT2D eigenvalue weighted by Crippen LogP contribution is -2.23. The molecule has 0 radical (unpaired) electrons. The second-order valence-corrected chi connectivity index (χ2v) is 7.62. The Hall–Kier alpha value is -2.27. The Morgan fingerprint density at radius 3 is 2.65 bits per heavy atom. The second-order valence-electron chi connectivity index (χ2n) is 6.64. The van der Waals surface area contributed by atoms with E-state index >= 15 is 0 Å². The molecule has 0 unspecified atom stereocenters. The molecule has 136 valence electrons. The van der Waals surface area contributed by atoms with Gasteiger partial charge < -0.3 is 5.32 Å². The smallest absolute Gasteiger partial charge is 0.227 e. The number of thiazole rings is 1. The van der Waals surface area contributed by atoms with Gasteiger partial charge in [-0.05, 0) is 43.5 Å². The van der Waals surface area contributed by atoms with E-state index in [0.717, 1.165) is 57.9 Å². The third-order valence-electron chi connectivity index (χ3n) is 4.55. The normalized spacial score (nSPS) is 11.2. The predicted molar refractivity (Wildman–Crippen MR) is 110 cm³/mol. The van der Waals surface area contributed by atoms with Gasteiger partial charge in [0.05, 0.1) is 0 Å². The largest absolute Gasteiger partial charge is 0.326 e. The van der Waals surface area contributed by atoms with Crippen LogP contribution < -0.4 is 5.32 Å². The average Bonchev–Trinajstić information content (AvgIpc) is 3.07. The molecular weight excluding hydrogens is 342 g/mol. The van der Waals surface area contributed by atoms with E-state index in [-0.39, 0.29) is 11.8 Å². The Kier molecular flexibility index (Phi) is 5.99. The monoisotopic (exact) mass is 367 g/mol. The van der Waals surface area contributed by atoms with Crippen LogP contribution in [0.4, 0.5) is 5.69 Å². The summed E-state index contributed by atoms with van der Waals surface area (Å²) in [5.41, 5.74) is 3.85. The molecule has 3 rings (SSSR count). The minimum atomic E-state index is 0.0831. The Balaban J connectivity index is 1.86. The number of hydrogen-bond donors (Lipinski definition) is 1. The van der Waals surface area contributed by atoms with Crippen LogP contribution in [-0.4, -0.2) is 15.9 Å². The van der Waals surface area contributed by atoms with Crippen molar-refractivity contribution in [2.45, 2.75) is 46.5 Å². The van der Waals surface area contributed by atoms with Crippen molar-refractivity contribution in [1.29, 1.82) is 0 Å². The maximum absolute atomic E-state index is 12.7. The summed E-state index contributed by atoms with van der Waals surface area (Å²) in [6, 6.07) is 9.99. The van der Waals surface area contributed by atoms with Gasteiger partial charge in [0, 0.05) is 23.4 Å². The maximum Gasteiger partial charge on any atom is 0.227 e. The van der Waals surface area contributed by atoms with Gasteiger partial charge >= 0.3 is 0 Å². The van der Waals surface area contributed by atoms with E-state index in [9.17, 15) is 4.79 Å². The predicted octanol–water partition coefficient (Wildman–Crippen LogP) is 5.82. The van der Waals surface area contributed by atoms with Gasteiger partial charge in [0.15, 0.2) is 0 Å². The minimum Gasteiger partial charge on any atom is -0.326 e. The highest BCUT2D eigenvalue weighted by Crippen LogP contribution is 2.31. The number of amides is 1. The van der Waals surface area contributed by atoms with Crippen molar-refractivity contribution in [2.75, 3.05) is 5.32 Å². The van der Waals surface area contributed by atoms with E-state index in [4.69, 9.17) is 0 Å². The number of hydrogen-bond acceptors (Lipinski definition) is 4. The Labute approximate surface area is 158 Å². The molecule has 5 heteroatoms. The highest BCUT2D eigenvalue weighted by molar-refractivity contribution is 7.21. The Bertz CT molecular complexity index is 864. The van der Waals surface area contributed by atoms with Crippen molar-refractivity contribution >= 4 is 33.3 Å². The summed E-state index contributed by atoms with van der Waals surface area (Å²) < 4.78 is 0. The number of anilines is 1. The molecule has 0 saturated heterocycles. The lowest BCUT2D eigenvalue weighted by molar-refractivity contribution is -0.120. The Morgan fingerprint density at radius 1 is 1.19 bits per heavy atom. The third kappa shape index (κ3) is 4.10. The molecule has 1 N–H and O–H groups in total. The number of rotatable bonds is 7. The van der Waals surface area contributed by atoms with Gasteiger partial charge in [-0.2, -0.15) is 0 Å². The summed E-state index contributed by atoms with van der Waals surface area (Å²) in [5, 5.41) is 4.07.